The summed E-state index contributed by atoms with van der Waals surface area (Å²) >= 11 is 0. The van der Waals surface area contributed by atoms with Gasteiger partial charge >= 0.3 is 0 Å². The number of amides is 1. The Balaban J connectivity index is 1.46. The lowest BCUT2D eigenvalue weighted by atomic mass is 10.0. The average molecular weight is 535 g/mol. The van der Waals surface area contributed by atoms with Crippen LogP contribution in [0, 0.1) is 13.8 Å². The van der Waals surface area contributed by atoms with Crippen molar-refractivity contribution in [2.24, 2.45) is 0 Å². The first-order chi connectivity index (χ1) is 18.1. The Morgan fingerprint density at radius 1 is 0.921 bits per heavy atom. The topological polar surface area (TPSA) is 114 Å². The third-order valence-corrected chi connectivity index (χ3v) is 6.41. The van der Waals surface area contributed by atoms with E-state index in [0.29, 0.717) is 47.5 Å². The van der Waals surface area contributed by atoms with Gasteiger partial charge in [-0.25, -0.2) is 8.42 Å². The molecule has 0 heterocycles. The number of hydrogen-bond acceptors (Lipinski definition) is 6. The van der Waals surface area contributed by atoms with Gasteiger partial charge in [-0.15, -0.1) is 0 Å². The average Bonchev–Trinajstić information content (AvgIpc) is 2.87. The SMILES string of the molecule is Cc1ccc(OCCCNC(=O)c2cc(Oc3ccc(NS(C)(=O)=O)cc3)c3ccccc3c2O)c(C)c1. The second-order valence-electron chi connectivity index (χ2n) is 9.04. The first kappa shape index (κ1) is 26.8. The Morgan fingerprint density at radius 2 is 1.63 bits per heavy atom. The van der Waals surface area contributed by atoms with Crippen molar-refractivity contribution in [3.63, 3.8) is 0 Å². The molecule has 8 nitrogen and oxygen atoms in total. The maximum Gasteiger partial charge on any atom is 0.255 e. The third kappa shape index (κ3) is 6.74. The van der Waals surface area contributed by atoms with Gasteiger partial charge in [0.2, 0.25) is 10.0 Å². The van der Waals surface area contributed by atoms with Crippen LogP contribution in [-0.2, 0) is 10.0 Å². The molecule has 4 rings (SSSR count). The van der Waals surface area contributed by atoms with Gasteiger partial charge in [-0.1, -0.05) is 42.0 Å². The number of sulfonamides is 1. The van der Waals surface area contributed by atoms with Gasteiger partial charge < -0.3 is 19.9 Å². The molecule has 0 saturated carbocycles. The highest BCUT2D eigenvalue weighted by Gasteiger charge is 2.18. The minimum atomic E-state index is -3.40. The summed E-state index contributed by atoms with van der Waals surface area (Å²) in [7, 11) is -3.40. The van der Waals surface area contributed by atoms with Crippen LogP contribution in [0.5, 0.6) is 23.0 Å². The van der Waals surface area contributed by atoms with Crippen LogP contribution in [0.4, 0.5) is 5.69 Å². The highest BCUT2D eigenvalue weighted by atomic mass is 32.2. The summed E-state index contributed by atoms with van der Waals surface area (Å²) in [5.41, 5.74) is 2.71. The molecule has 0 fully saturated rings. The first-order valence-electron chi connectivity index (χ1n) is 12.1. The van der Waals surface area contributed by atoms with Gasteiger partial charge in [0.1, 0.15) is 23.0 Å². The Labute approximate surface area is 222 Å². The summed E-state index contributed by atoms with van der Waals surface area (Å²) in [6.07, 6.45) is 1.66. The number of anilines is 1. The predicted octanol–water partition coefficient (Wildman–Crippen LogP) is 5.52. The fourth-order valence-corrected chi connectivity index (χ4v) is 4.59. The molecular formula is C29H30N2O6S. The van der Waals surface area contributed by atoms with Crippen LogP contribution in [0.1, 0.15) is 27.9 Å². The van der Waals surface area contributed by atoms with E-state index in [0.717, 1.165) is 17.6 Å². The highest BCUT2D eigenvalue weighted by molar-refractivity contribution is 7.92. The van der Waals surface area contributed by atoms with Gasteiger partial charge in [0.05, 0.1) is 18.4 Å². The monoisotopic (exact) mass is 534 g/mol. The van der Waals surface area contributed by atoms with E-state index in [1.54, 1.807) is 42.5 Å². The molecule has 3 N–H and O–H groups in total. The molecule has 0 unspecified atom stereocenters. The van der Waals surface area contributed by atoms with Crippen molar-refractivity contribution in [2.45, 2.75) is 20.3 Å². The van der Waals surface area contributed by atoms with E-state index in [1.807, 2.05) is 32.0 Å². The van der Waals surface area contributed by atoms with Gasteiger partial charge in [-0.2, -0.15) is 0 Å². The highest BCUT2D eigenvalue weighted by Crippen LogP contribution is 2.38. The molecule has 0 radical (unpaired) electrons. The number of rotatable bonds is 10. The molecule has 0 spiro atoms. The molecule has 0 aliphatic carbocycles. The number of nitrogens with one attached hydrogen (secondary N) is 2. The van der Waals surface area contributed by atoms with Crippen LogP contribution in [-0.4, -0.2) is 38.8 Å². The zero-order valence-corrected chi connectivity index (χ0v) is 22.3. The number of aryl methyl sites for hydroxylation is 2. The van der Waals surface area contributed by atoms with E-state index in [-0.39, 0.29) is 11.3 Å². The first-order valence-corrected chi connectivity index (χ1v) is 14.0. The Morgan fingerprint density at radius 3 is 2.32 bits per heavy atom. The van der Waals surface area contributed by atoms with Crippen molar-refractivity contribution in [2.75, 3.05) is 24.1 Å². The molecule has 0 aliphatic rings. The Hall–Kier alpha value is -4.24. The van der Waals surface area contributed by atoms with E-state index in [2.05, 4.69) is 16.1 Å². The number of phenols is 1. The maximum atomic E-state index is 13.0. The van der Waals surface area contributed by atoms with E-state index >= 15 is 0 Å². The number of benzene rings is 4. The number of hydrogen-bond donors (Lipinski definition) is 3. The fraction of sp³-hybridized carbons (Fsp3) is 0.207. The number of carbonyl (C=O) groups is 1. The van der Waals surface area contributed by atoms with E-state index < -0.39 is 15.9 Å². The summed E-state index contributed by atoms with van der Waals surface area (Å²) in [5, 5.41) is 14.8. The predicted molar refractivity (Wildman–Crippen MR) is 149 cm³/mol. The lowest BCUT2D eigenvalue weighted by molar-refractivity contribution is 0.0949. The standard InChI is InChI=1S/C29H30N2O6S/c1-19-9-14-26(20(2)17-19)36-16-6-15-30-29(33)25-18-27(23-7-4-5-8-24(23)28(25)32)37-22-12-10-21(11-13-22)31-38(3,34)35/h4-5,7-14,17-18,31-32H,6,15-16H2,1-3H3,(H,30,33). The summed E-state index contributed by atoms with van der Waals surface area (Å²) in [4.78, 5) is 13.0. The van der Waals surface area contributed by atoms with Crippen LogP contribution in [0.15, 0.2) is 72.8 Å². The smallest absolute Gasteiger partial charge is 0.255 e. The van der Waals surface area contributed by atoms with Crippen molar-refractivity contribution in [1.82, 2.24) is 5.32 Å². The van der Waals surface area contributed by atoms with Gasteiger partial charge in [-0.3, -0.25) is 9.52 Å². The second-order valence-corrected chi connectivity index (χ2v) is 10.8. The molecule has 198 valence electrons. The Bertz CT molecular complexity index is 1570. The molecule has 1 amide bonds. The van der Waals surface area contributed by atoms with E-state index in [1.165, 1.54) is 11.6 Å². The van der Waals surface area contributed by atoms with Crippen molar-refractivity contribution in [1.29, 1.82) is 0 Å². The van der Waals surface area contributed by atoms with Crippen LogP contribution in [0.25, 0.3) is 10.8 Å². The molecule has 0 aliphatic heterocycles. The number of fused-ring (bicyclic) bond motifs is 1. The van der Waals surface area contributed by atoms with E-state index in [9.17, 15) is 18.3 Å². The lowest BCUT2D eigenvalue weighted by Crippen LogP contribution is -2.25. The Kier molecular flexibility index (Phi) is 8.07. The number of phenolic OH excluding ortho intramolecular Hbond substituents is 1. The van der Waals surface area contributed by atoms with Crippen molar-refractivity contribution >= 4 is 32.4 Å². The van der Waals surface area contributed by atoms with Crippen molar-refractivity contribution in [3.8, 4) is 23.0 Å². The molecule has 4 aromatic rings. The van der Waals surface area contributed by atoms with Gasteiger partial charge in [0, 0.05) is 23.0 Å². The van der Waals surface area contributed by atoms with Crippen molar-refractivity contribution < 1.29 is 27.8 Å². The summed E-state index contributed by atoms with van der Waals surface area (Å²) in [6, 6.07) is 21.0. The molecule has 38 heavy (non-hydrogen) atoms. The minimum Gasteiger partial charge on any atom is -0.506 e. The molecule has 0 saturated heterocycles. The number of ether oxygens (including phenoxy) is 2. The maximum absolute atomic E-state index is 13.0. The quantitative estimate of drug-likeness (QED) is 0.231. The second kappa shape index (κ2) is 11.4. The van der Waals surface area contributed by atoms with E-state index in [4.69, 9.17) is 9.47 Å². The fourth-order valence-electron chi connectivity index (χ4n) is 4.03. The van der Waals surface area contributed by atoms with Gasteiger partial charge in [0.25, 0.3) is 5.91 Å². The molecule has 0 aromatic heterocycles. The molecule has 4 aromatic carbocycles. The van der Waals surface area contributed by atoms with Crippen LogP contribution < -0.4 is 19.5 Å². The number of carbonyl (C=O) groups excluding carboxylic acids is 1. The van der Waals surface area contributed by atoms with Crippen LogP contribution in [0.3, 0.4) is 0 Å². The summed E-state index contributed by atoms with van der Waals surface area (Å²) < 4.78 is 37.2. The number of aromatic hydroxyl groups is 1. The molecule has 9 heteroatoms. The molecule has 0 bridgehead atoms. The van der Waals surface area contributed by atoms with Gasteiger partial charge in [-0.05, 0) is 62.2 Å². The van der Waals surface area contributed by atoms with Crippen LogP contribution in [0.2, 0.25) is 0 Å². The third-order valence-electron chi connectivity index (χ3n) is 5.80. The zero-order valence-electron chi connectivity index (χ0n) is 21.4. The summed E-state index contributed by atoms with van der Waals surface area (Å²) in [5.74, 6) is 1.07. The summed E-state index contributed by atoms with van der Waals surface area (Å²) in [6.45, 7) is 4.82. The van der Waals surface area contributed by atoms with Gasteiger partial charge in [0.15, 0.2) is 0 Å². The largest absolute Gasteiger partial charge is 0.506 e. The lowest BCUT2D eigenvalue weighted by Gasteiger charge is -2.15. The zero-order chi connectivity index (χ0) is 27.3. The molecule has 0 atom stereocenters. The normalized spacial score (nSPS) is 11.2. The molecular weight excluding hydrogens is 504 g/mol. The van der Waals surface area contributed by atoms with Crippen LogP contribution >= 0.6 is 0 Å². The minimum absolute atomic E-state index is 0.0874. The van der Waals surface area contributed by atoms with Crippen molar-refractivity contribution in [3.05, 3.63) is 89.5 Å².